The summed E-state index contributed by atoms with van der Waals surface area (Å²) < 4.78 is 15.7. The van der Waals surface area contributed by atoms with Crippen molar-refractivity contribution in [1.82, 2.24) is 14.5 Å². The lowest BCUT2D eigenvalue weighted by Crippen LogP contribution is -2.42. The fraction of sp³-hybridized carbons (Fsp3) is 0.250. The number of piperidine rings is 1. The van der Waals surface area contributed by atoms with Crippen LogP contribution in [0.1, 0.15) is 34.3 Å². The van der Waals surface area contributed by atoms with Crippen molar-refractivity contribution >= 4 is 16.9 Å². The van der Waals surface area contributed by atoms with Crippen molar-refractivity contribution in [3.63, 3.8) is 0 Å². The second kappa shape index (κ2) is 9.59. The van der Waals surface area contributed by atoms with Crippen LogP contribution in [0.4, 0.5) is 4.39 Å². The summed E-state index contributed by atoms with van der Waals surface area (Å²) >= 11 is 0. The number of aromatic nitrogens is 2. The summed E-state index contributed by atoms with van der Waals surface area (Å²) in [5, 5.41) is 0.681. The SMILES string of the molecule is O=C(c1cc2cccnc2n(Cc2ccccc2F)c1=O)N1CCC(Cc2ccccc2)CC1. The molecule has 1 amide bonds. The number of amides is 1. The third-order valence-corrected chi connectivity index (χ3v) is 6.63. The van der Waals surface area contributed by atoms with Gasteiger partial charge in [-0.25, -0.2) is 9.37 Å². The number of halogens is 1. The molecule has 1 saturated heterocycles. The van der Waals surface area contributed by atoms with E-state index in [0.717, 1.165) is 19.3 Å². The van der Waals surface area contributed by atoms with Gasteiger partial charge in [0.1, 0.15) is 17.0 Å². The molecule has 34 heavy (non-hydrogen) atoms. The molecule has 3 heterocycles. The Bertz CT molecular complexity index is 1380. The summed E-state index contributed by atoms with van der Waals surface area (Å²) in [7, 11) is 0. The minimum absolute atomic E-state index is 0.0132. The highest BCUT2D eigenvalue weighted by molar-refractivity contribution is 5.97. The standard InChI is InChI=1S/C28H26FN3O2/c29-25-11-5-4-9-23(25)19-32-26-22(10-6-14-30-26)18-24(28(32)34)27(33)31-15-12-21(13-16-31)17-20-7-2-1-3-8-20/h1-11,14,18,21H,12-13,15-17,19H2. The van der Waals surface area contributed by atoms with E-state index >= 15 is 0 Å². The molecule has 1 fully saturated rings. The van der Waals surface area contributed by atoms with Gasteiger partial charge in [-0.05, 0) is 55.0 Å². The van der Waals surface area contributed by atoms with Crippen molar-refractivity contribution in [3.05, 3.63) is 112 Å². The number of rotatable bonds is 5. The summed E-state index contributed by atoms with van der Waals surface area (Å²) in [4.78, 5) is 33.0. The van der Waals surface area contributed by atoms with Crippen molar-refractivity contribution in [1.29, 1.82) is 0 Å². The van der Waals surface area contributed by atoms with E-state index in [-0.39, 0.29) is 18.0 Å². The predicted molar refractivity (Wildman–Crippen MR) is 130 cm³/mol. The number of carbonyl (C=O) groups is 1. The van der Waals surface area contributed by atoms with Crippen LogP contribution in [0.3, 0.4) is 0 Å². The number of hydrogen-bond acceptors (Lipinski definition) is 3. The predicted octanol–water partition coefficient (Wildman–Crippen LogP) is 4.68. The third-order valence-electron chi connectivity index (χ3n) is 6.63. The molecule has 0 saturated carbocycles. The molecule has 0 bridgehead atoms. The summed E-state index contributed by atoms with van der Waals surface area (Å²) in [6.45, 7) is 1.25. The van der Waals surface area contributed by atoms with Crippen molar-refractivity contribution in [2.75, 3.05) is 13.1 Å². The van der Waals surface area contributed by atoms with Crippen LogP contribution in [-0.4, -0.2) is 33.4 Å². The van der Waals surface area contributed by atoms with Crippen LogP contribution in [0.5, 0.6) is 0 Å². The van der Waals surface area contributed by atoms with Gasteiger partial charge in [-0.15, -0.1) is 0 Å². The summed E-state index contributed by atoms with van der Waals surface area (Å²) in [5.74, 6) is -0.142. The maximum absolute atomic E-state index is 14.3. The van der Waals surface area contributed by atoms with Crippen LogP contribution in [0.2, 0.25) is 0 Å². The van der Waals surface area contributed by atoms with Crippen molar-refractivity contribution < 1.29 is 9.18 Å². The maximum atomic E-state index is 14.3. The van der Waals surface area contributed by atoms with Gasteiger partial charge in [0.15, 0.2) is 0 Å². The van der Waals surface area contributed by atoms with E-state index in [1.165, 1.54) is 16.2 Å². The molecule has 172 valence electrons. The number of carbonyl (C=O) groups excluding carboxylic acids is 1. The van der Waals surface area contributed by atoms with Gasteiger partial charge >= 0.3 is 0 Å². The first kappa shape index (κ1) is 22.0. The van der Waals surface area contributed by atoms with E-state index in [4.69, 9.17) is 0 Å². The molecule has 1 aliphatic heterocycles. The number of benzene rings is 2. The van der Waals surface area contributed by atoms with Gasteiger partial charge in [0.2, 0.25) is 0 Å². The monoisotopic (exact) mass is 455 g/mol. The van der Waals surface area contributed by atoms with E-state index in [0.29, 0.717) is 35.6 Å². The minimum Gasteiger partial charge on any atom is -0.338 e. The Labute approximate surface area is 197 Å². The normalized spacial score (nSPS) is 14.4. The summed E-state index contributed by atoms with van der Waals surface area (Å²) in [5.41, 5.74) is 1.80. The van der Waals surface area contributed by atoms with Crippen LogP contribution in [-0.2, 0) is 13.0 Å². The van der Waals surface area contributed by atoms with E-state index < -0.39 is 11.4 Å². The Hall–Kier alpha value is -3.80. The Morgan fingerprint density at radius 3 is 2.47 bits per heavy atom. The average molecular weight is 456 g/mol. The van der Waals surface area contributed by atoms with Gasteiger partial charge in [-0.3, -0.25) is 14.2 Å². The Balaban J connectivity index is 1.40. The van der Waals surface area contributed by atoms with Crippen molar-refractivity contribution in [2.24, 2.45) is 5.92 Å². The highest BCUT2D eigenvalue weighted by atomic mass is 19.1. The molecule has 5 rings (SSSR count). The van der Waals surface area contributed by atoms with Gasteiger partial charge in [-0.1, -0.05) is 48.5 Å². The molecule has 1 aliphatic rings. The molecule has 0 spiro atoms. The summed E-state index contributed by atoms with van der Waals surface area (Å²) in [6, 6.07) is 22.0. The van der Waals surface area contributed by atoms with E-state index in [1.807, 2.05) is 12.1 Å². The highest BCUT2D eigenvalue weighted by Crippen LogP contribution is 2.23. The number of nitrogens with zero attached hydrogens (tertiary/aromatic N) is 3. The van der Waals surface area contributed by atoms with Crippen LogP contribution >= 0.6 is 0 Å². The van der Waals surface area contributed by atoms with Gasteiger partial charge in [-0.2, -0.15) is 0 Å². The Kier molecular flexibility index (Phi) is 6.21. The largest absolute Gasteiger partial charge is 0.338 e. The Morgan fingerprint density at radius 1 is 0.971 bits per heavy atom. The van der Waals surface area contributed by atoms with Crippen LogP contribution in [0.25, 0.3) is 11.0 Å². The van der Waals surface area contributed by atoms with Crippen LogP contribution in [0.15, 0.2) is 83.8 Å². The first-order chi connectivity index (χ1) is 16.6. The van der Waals surface area contributed by atoms with Crippen molar-refractivity contribution in [3.8, 4) is 0 Å². The zero-order valence-electron chi connectivity index (χ0n) is 18.9. The molecule has 0 atom stereocenters. The minimum atomic E-state index is -0.439. The molecule has 6 heteroatoms. The second-order valence-corrected chi connectivity index (χ2v) is 8.88. The number of fused-ring (bicyclic) bond motifs is 1. The molecule has 5 nitrogen and oxygen atoms in total. The molecular weight excluding hydrogens is 429 g/mol. The second-order valence-electron chi connectivity index (χ2n) is 8.88. The van der Waals surface area contributed by atoms with Crippen LogP contribution < -0.4 is 5.56 Å². The lowest BCUT2D eigenvalue weighted by molar-refractivity contribution is 0.0688. The topological polar surface area (TPSA) is 55.2 Å². The maximum Gasteiger partial charge on any atom is 0.265 e. The highest BCUT2D eigenvalue weighted by Gasteiger charge is 2.26. The molecular formula is C28H26FN3O2. The fourth-order valence-electron chi connectivity index (χ4n) is 4.76. The zero-order chi connectivity index (χ0) is 23.5. The first-order valence-corrected chi connectivity index (χ1v) is 11.7. The molecule has 0 unspecified atom stereocenters. The van der Waals surface area contributed by atoms with Gasteiger partial charge in [0, 0.05) is 30.2 Å². The molecule has 2 aromatic heterocycles. The number of pyridine rings is 2. The molecule has 2 aromatic carbocycles. The molecule has 0 radical (unpaired) electrons. The lowest BCUT2D eigenvalue weighted by Gasteiger charge is -2.32. The first-order valence-electron chi connectivity index (χ1n) is 11.7. The third kappa shape index (κ3) is 4.49. The smallest absolute Gasteiger partial charge is 0.265 e. The zero-order valence-corrected chi connectivity index (χ0v) is 18.9. The molecule has 0 N–H and O–H groups in total. The van der Waals surface area contributed by atoms with E-state index in [1.54, 1.807) is 41.4 Å². The number of hydrogen-bond donors (Lipinski definition) is 0. The van der Waals surface area contributed by atoms with Crippen LogP contribution in [0, 0.1) is 11.7 Å². The van der Waals surface area contributed by atoms with Gasteiger partial charge in [0.25, 0.3) is 11.5 Å². The van der Waals surface area contributed by atoms with E-state index in [9.17, 15) is 14.0 Å². The Morgan fingerprint density at radius 2 is 1.71 bits per heavy atom. The average Bonchev–Trinajstić information content (AvgIpc) is 2.87. The van der Waals surface area contributed by atoms with Crippen molar-refractivity contribution in [2.45, 2.75) is 25.8 Å². The van der Waals surface area contributed by atoms with Gasteiger partial charge < -0.3 is 4.90 Å². The van der Waals surface area contributed by atoms with E-state index in [2.05, 4.69) is 29.2 Å². The summed E-state index contributed by atoms with van der Waals surface area (Å²) in [6.07, 6.45) is 4.40. The fourth-order valence-corrected chi connectivity index (χ4v) is 4.76. The van der Waals surface area contributed by atoms with Gasteiger partial charge in [0.05, 0.1) is 6.54 Å². The quantitative estimate of drug-likeness (QED) is 0.439. The molecule has 4 aromatic rings. The molecule has 0 aliphatic carbocycles. The lowest BCUT2D eigenvalue weighted by atomic mass is 9.90. The number of likely N-dealkylation sites (tertiary alicyclic amines) is 1.